The molecule has 0 spiro atoms. The quantitative estimate of drug-likeness (QED) is 0.642. The molecule has 0 aromatic carbocycles. The van der Waals surface area contributed by atoms with Crippen LogP contribution in [0.15, 0.2) is 0 Å². The lowest BCUT2D eigenvalue weighted by molar-refractivity contribution is -0.137. The number of unbranched alkanes of at least 4 members (excludes halogenated alkanes) is 2. The average Bonchev–Trinajstić information content (AvgIpc) is 2.37. The summed E-state index contributed by atoms with van der Waals surface area (Å²) in [6, 6.07) is -0.411. The highest BCUT2D eigenvalue weighted by atomic mass is 16.4. The minimum atomic E-state index is -0.874. The van der Waals surface area contributed by atoms with Gasteiger partial charge in [0.25, 0.3) is 0 Å². The van der Waals surface area contributed by atoms with Crippen LogP contribution in [0.4, 0.5) is 4.79 Å². The summed E-state index contributed by atoms with van der Waals surface area (Å²) in [5.74, 6) is -0.874. The number of amides is 2. The van der Waals surface area contributed by atoms with Crippen molar-refractivity contribution in [1.29, 1.82) is 0 Å². The first-order valence-corrected chi connectivity index (χ1v) is 7.32. The van der Waals surface area contributed by atoms with Crippen LogP contribution in [0, 0.1) is 0 Å². The van der Waals surface area contributed by atoms with E-state index in [0.717, 1.165) is 38.8 Å². The van der Waals surface area contributed by atoms with Crippen molar-refractivity contribution in [2.45, 2.75) is 65.3 Å². The maximum absolute atomic E-state index is 12.1. The number of carboxylic acid groups (broad SMARTS) is 1. The number of urea groups is 1. The van der Waals surface area contributed by atoms with Gasteiger partial charge in [0.15, 0.2) is 0 Å². The molecule has 0 heterocycles. The lowest BCUT2D eigenvalue weighted by Crippen LogP contribution is -2.46. The summed E-state index contributed by atoms with van der Waals surface area (Å²) >= 11 is 0. The van der Waals surface area contributed by atoms with E-state index in [9.17, 15) is 9.59 Å². The van der Waals surface area contributed by atoms with Crippen molar-refractivity contribution in [2.75, 3.05) is 13.1 Å². The summed E-state index contributed by atoms with van der Waals surface area (Å²) in [4.78, 5) is 24.6. The number of nitrogens with zero attached hydrogens (tertiary/aromatic N) is 1. The minimum absolute atomic E-state index is 0.0162. The van der Waals surface area contributed by atoms with Gasteiger partial charge in [-0.05, 0) is 19.3 Å². The average molecular weight is 272 g/mol. The molecule has 5 heteroatoms. The van der Waals surface area contributed by atoms with Gasteiger partial charge < -0.3 is 15.3 Å². The van der Waals surface area contributed by atoms with Crippen LogP contribution >= 0.6 is 0 Å². The van der Waals surface area contributed by atoms with Crippen molar-refractivity contribution >= 4 is 12.0 Å². The van der Waals surface area contributed by atoms with Gasteiger partial charge in [-0.15, -0.1) is 0 Å². The summed E-state index contributed by atoms with van der Waals surface area (Å²) in [5.41, 5.74) is 0. The van der Waals surface area contributed by atoms with Gasteiger partial charge >= 0.3 is 12.0 Å². The largest absolute Gasteiger partial charge is 0.481 e. The Hall–Kier alpha value is -1.26. The van der Waals surface area contributed by atoms with E-state index in [1.54, 1.807) is 4.90 Å². The molecule has 0 saturated carbocycles. The Morgan fingerprint density at radius 3 is 2.00 bits per heavy atom. The molecule has 0 aliphatic rings. The van der Waals surface area contributed by atoms with Crippen molar-refractivity contribution in [1.82, 2.24) is 10.2 Å². The standard InChI is InChI=1S/C14H28N2O3/c1-4-7-9-16(10-8-5-2)14(19)15-12(6-3)11-13(17)18/h12H,4-11H2,1-3H3,(H,15,19)(H,17,18). The zero-order chi connectivity index (χ0) is 14.7. The van der Waals surface area contributed by atoms with E-state index in [-0.39, 0.29) is 18.5 Å². The zero-order valence-electron chi connectivity index (χ0n) is 12.4. The third-order valence-electron chi connectivity index (χ3n) is 3.09. The number of carbonyl (C=O) groups excluding carboxylic acids is 1. The molecule has 2 amide bonds. The van der Waals surface area contributed by atoms with Crippen LogP contribution in [0.3, 0.4) is 0 Å². The van der Waals surface area contributed by atoms with Crippen molar-refractivity contribution in [3.63, 3.8) is 0 Å². The maximum Gasteiger partial charge on any atom is 0.317 e. The molecule has 0 aliphatic carbocycles. The van der Waals surface area contributed by atoms with Crippen LogP contribution in [-0.4, -0.2) is 41.1 Å². The van der Waals surface area contributed by atoms with Gasteiger partial charge in [0.05, 0.1) is 6.42 Å². The smallest absolute Gasteiger partial charge is 0.317 e. The predicted octanol–water partition coefficient (Wildman–Crippen LogP) is 2.85. The van der Waals surface area contributed by atoms with Crippen molar-refractivity contribution in [3.05, 3.63) is 0 Å². The van der Waals surface area contributed by atoms with Crippen LogP contribution in [0.2, 0.25) is 0 Å². The number of hydrogen-bond acceptors (Lipinski definition) is 2. The Balaban J connectivity index is 4.37. The first kappa shape index (κ1) is 17.7. The third kappa shape index (κ3) is 8.46. The fraction of sp³-hybridized carbons (Fsp3) is 0.857. The van der Waals surface area contributed by atoms with Crippen LogP contribution in [0.5, 0.6) is 0 Å². The van der Waals surface area contributed by atoms with E-state index in [4.69, 9.17) is 5.11 Å². The number of aliphatic carboxylic acids is 1. The number of nitrogens with one attached hydrogen (secondary N) is 1. The van der Waals surface area contributed by atoms with E-state index in [1.807, 2.05) is 6.92 Å². The summed E-state index contributed by atoms with van der Waals surface area (Å²) in [5, 5.41) is 11.6. The Morgan fingerprint density at radius 2 is 1.63 bits per heavy atom. The predicted molar refractivity (Wildman–Crippen MR) is 76.3 cm³/mol. The fourth-order valence-electron chi connectivity index (χ4n) is 1.79. The molecule has 112 valence electrons. The molecule has 0 fully saturated rings. The van der Waals surface area contributed by atoms with Crippen LogP contribution in [-0.2, 0) is 4.79 Å². The number of hydrogen-bond donors (Lipinski definition) is 2. The molecular formula is C14H28N2O3. The number of carbonyl (C=O) groups is 2. The van der Waals surface area contributed by atoms with Crippen molar-refractivity contribution in [3.8, 4) is 0 Å². The van der Waals surface area contributed by atoms with Gasteiger partial charge in [0.2, 0.25) is 0 Å². The van der Waals surface area contributed by atoms with Crippen molar-refractivity contribution in [2.24, 2.45) is 0 Å². The van der Waals surface area contributed by atoms with Gasteiger partial charge in [0.1, 0.15) is 0 Å². The molecule has 0 saturated heterocycles. The summed E-state index contributed by atoms with van der Waals surface area (Å²) in [7, 11) is 0. The van der Waals surface area contributed by atoms with Gasteiger partial charge in [-0.2, -0.15) is 0 Å². The molecule has 2 N–H and O–H groups in total. The van der Waals surface area contributed by atoms with E-state index in [1.165, 1.54) is 0 Å². The Kier molecular flexibility index (Phi) is 9.94. The summed E-state index contributed by atoms with van der Waals surface area (Å²) in [6.07, 6.45) is 4.66. The maximum atomic E-state index is 12.1. The molecule has 1 unspecified atom stereocenters. The monoisotopic (exact) mass is 272 g/mol. The second kappa shape index (κ2) is 10.6. The van der Waals surface area contributed by atoms with E-state index < -0.39 is 5.97 Å². The Labute approximate surface area is 116 Å². The number of carboxylic acids is 1. The highest BCUT2D eigenvalue weighted by Crippen LogP contribution is 2.03. The summed E-state index contributed by atoms with van der Waals surface area (Å²) < 4.78 is 0. The fourth-order valence-corrected chi connectivity index (χ4v) is 1.79. The highest BCUT2D eigenvalue weighted by Gasteiger charge is 2.18. The van der Waals surface area contributed by atoms with Gasteiger partial charge in [-0.3, -0.25) is 4.79 Å². The van der Waals surface area contributed by atoms with Crippen LogP contribution < -0.4 is 5.32 Å². The Bertz CT molecular complexity index is 261. The first-order chi connectivity index (χ1) is 9.04. The summed E-state index contributed by atoms with van der Waals surface area (Å²) in [6.45, 7) is 7.55. The molecule has 0 bridgehead atoms. The first-order valence-electron chi connectivity index (χ1n) is 7.32. The van der Waals surface area contributed by atoms with E-state index >= 15 is 0 Å². The molecule has 0 aromatic rings. The lowest BCUT2D eigenvalue weighted by atomic mass is 10.1. The topological polar surface area (TPSA) is 69.6 Å². The van der Waals surface area contributed by atoms with E-state index in [0.29, 0.717) is 6.42 Å². The molecule has 0 aliphatic heterocycles. The molecular weight excluding hydrogens is 244 g/mol. The molecule has 5 nitrogen and oxygen atoms in total. The lowest BCUT2D eigenvalue weighted by Gasteiger charge is -2.25. The molecule has 0 radical (unpaired) electrons. The molecule has 0 rings (SSSR count). The van der Waals surface area contributed by atoms with Gasteiger partial charge in [-0.25, -0.2) is 4.79 Å². The highest BCUT2D eigenvalue weighted by molar-refractivity contribution is 5.75. The molecule has 0 aromatic heterocycles. The second-order valence-electron chi connectivity index (χ2n) is 4.85. The van der Waals surface area contributed by atoms with Gasteiger partial charge in [0, 0.05) is 19.1 Å². The number of rotatable bonds is 10. The van der Waals surface area contributed by atoms with Crippen LogP contribution in [0.1, 0.15) is 59.3 Å². The SMILES string of the molecule is CCCCN(CCCC)C(=O)NC(CC)CC(=O)O. The molecule has 1 atom stereocenters. The minimum Gasteiger partial charge on any atom is -0.481 e. The van der Waals surface area contributed by atoms with Gasteiger partial charge in [-0.1, -0.05) is 33.6 Å². The molecule has 19 heavy (non-hydrogen) atoms. The normalized spacial score (nSPS) is 11.9. The Morgan fingerprint density at radius 1 is 1.11 bits per heavy atom. The van der Waals surface area contributed by atoms with E-state index in [2.05, 4.69) is 19.2 Å². The zero-order valence-corrected chi connectivity index (χ0v) is 12.4. The second-order valence-corrected chi connectivity index (χ2v) is 4.85. The van der Waals surface area contributed by atoms with Crippen molar-refractivity contribution < 1.29 is 14.7 Å². The van der Waals surface area contributed by atoms with Crippen LogP contribution in [0.25, 0.3) is 0 Å². The third-order valence-corrected chi connectivity index (χ3v) is 3.09.